The summed E-state index contributed by atoms with van der Waals surface area (Å²) in [5, 5.41) is 6.57. The number of hydrogen-bond donors (Lipinski definition) is 2. The summed E-state index contributed by atoms with van der Waals surface area (Å²) in [4.78, 5) is 26.9. The predicted octanol–water partition coefficient (Wildman–Crippen LogP) is 3.92. The summed E-state index contributed by atoms with van der Waals surface area (Å²) in [7, 11) is 0. The van der Waals surface area contributed by atoms with E-state index in [0.29, 0.717) is 35.3 Å². The van der Waals surface area contributed by atoms with Crippen molar-refractivity contribution in [2.45, 2.75) is 28.8 Å². The van der Waals surface area contributed by atoms with Gasteiger partial charge < -0.3 is 20.1 Å². The van der Waals surface area contributed by atoms with Crippen molar-refractivity contribution in [3.05, 3.63) is 69.1 Å². The standard InChI is InChI=1S/C21H20Cl4N4O2S/c22-15-6-4-13(5-7-15)18(31)26-19(21(23,24)25)27-20(32)28-9-12-8-14(11-28)16-2-1-3-17(30)29(16)10-12/h1-7,12,14,19H,8-11H2,(H,26,31)(H,27,32)/t12-,14?,19?/m1/s1. The molecule has 11 heteroatoms. The Morgan fingerprint density at radius 1 is 1.06 bits per heavy atom. The molecule has 2 aliphatic rings. The SMILES string of the molecule is O=C(NC(NC(=S)N1CC2C[C@H](C1)Cn1c2cccc1=O)C(Cl)(Cl)Cl)c1ccc(Cl)cc1. The maximum atomic E-state index is 12.6. The number of likely N-dealkylation sites (tertiary alicyclic amines) is 1. The molecule has 2 N–H and O–H groups in total. The second-order valence-corrected chi connectivity index (χ2v) is 11.2. The maximum absolute atomic E-state index is 12.6. The van der Waals surface area contributed by atoms with E-state index in [1.807, 2.05) is 15.5 Å². The smallest absolute Gasteiger partial charge is 0.252 e. The van der Waals surface area contributed by atoms with Crippen LogP contribution in [0.1, 0.15) is 28.4 Å². The molecule has 4 rings (SSSR count). The number of thiocarbonyl (C=S) groups is 1. The molecule has 2 unspecified atom stereocenters. The number of nitrogens with zero attached hydrogens (tertiary/aromatic N) is 2. The van der Waals surface area contributed by atoms with Gasteiger partial charge in [0.15, 0.2) is 5.11 Å². The van der Waals surface area contributed by atoms with Gasteiger partial charge in [0.25, 0.3) is 11.5 Å². The molecule has 6 nitrogen and oxygen atoms in total. The Labute approximate surface area is 210 Å². The zero-order valence-electron chi connectivity index (χ0n) is 16.7. The van der Waals surface area contributed by atoms with Gasteiger partial charge in [-0.2, -0.15) is 0 Å². The van der Waals surface area contributed by atoms with Crippen LogP contribution in [0.4, 0.5) is 0 Å². The highest BCUT2D eigenvalue weighted by atomic mass is 35.6. The summed E-state index contributed by atoms with van der Waals surface area (Å²) in [6, 6.07) is 11.7. The lowest BCUT2D eigenvalue weighted by Gasteiger charge is -2.44. The Morgan fingerprint density at radius 3 is 2.47 bits per heavy atom. The molecule has 0 aliphatic carbocycles. The number of carbonyl (C=O) groups is 1. The Bertz CT molecular complexity index is 1090. The van der Waals surface area contributed by atoms with Crippen LogP contribution in [0.5, 0.6) is 0 Å². The minimum absolute atomic E-state index is 0.0209. The first-order valence-electron chi connectivity index (χ1n) is 10.00. The van der Waals surface area contributed by atoms with Crippen LogP contribution < -0.4 is 16.2 Å². The number of alkyl halides is 3. The van der Waals surface area contributed by atoms with Crippen molar-refractivity contribution in [1.29, 1.82) is 0 Å². The first-order chi connectivity index (χ1) is 15.1. The van der Waals surface area contributed by atoms with Crippen LogP contribution >= 0.6 is 58.6 Å². The number of benzene rings is 1. The second kappa shape index (κ2) is 9.39. The van der Waals surface area contributed by atoms with Crippen LogP contribution in [-0.2, 0) is 6.54 Å². The van der Waals surface area contributed by atoms with Crippen LogP contribution in [0.2, 0.25) is 5.02 Å². The molecule has 0 saturated carbocycles. The molecule has 1 amide bonds. The van der Waals surface area contributed by atoms with Crippen LogP contribution in [-0.4, -0.2) is 43.5 Å². The van der Waals surface area contributed by atoms with Crippen molar-refractivity contribution in [2.75, 3.05) is 13.1 Å². The molecule has 0 radical (unpaired) electrons. The lowest BCUT2D eigenvalue weighted by Crippen LogP contribution is -2.60. The third kappa shape index (κ3) is 5.18. The molecule has 1 aromatic carbocycles. The van der Waals surface area contributed by atoms with E-state index in [1.54, 1.807) is 36.4 Å². The molecule has 170 valence electrons. The number of halogens is 4. The number of amides is 1. The van der Waals surface area contributed by atoms with E-state index in [2.05, 4.69) is 10.6 Å². The van der Waals surface area contributed by atoms with Crippen molar-refractivity contribution >= 4 is 69.6 Å². The number of carbonyl (C=O) groups excluding carboxylic acids is 1. The number of rotatable bonds is 3. The van der Waals surface area contributed by atoms with E-state index in [1.165, 1.54) is 0 Å². The maximum Gasteiger partial charge on any atom is 0.252 e. The number of hydrogen-bond acceptors (Lipinski definition) is 3. The van der Waals surface area contributed by atoms with Crippen molar-refractivity contribution < 1.29 is 4.79 Å². The van der Waals surface area contributed by atoms with Gasteiger partial charge in [-0.3, -0.25) is 9.59 Å². The van der Waals surface area contributed by atoms with Crippen molar-refractivity contribution in [1.82, 2.24) is 20.1 Å². The third-order valence-corrected chi connectivity index (χ3v) is 7.03. The lowest BCUT2D eigenvalue weighted by molar-refractivity contribution is 0.0933. The summed E-state index contributed by atoms with van der Waals surface area (Å²) < 4.78 is 0.000814. The largest absolute Gasteiger partial charge is 0.348 e. The fourth-order valence-electron chi connectivity index (χ4n) is 4.29. The molecule has 1 aromatic heterocycles. The van der Waals surface area contributed by atoms with Gasteiger partial charge in [-0.05, 0) is 54.9 Å². The number of nitrogens with one attached hydrogen (secondary N) is 2. The van der Waals surface area contributed by atoms with Gasteiger partial charge in [-0.15, -0.1) is 0 Å². The van der Waals surface area contributed by atoms with E-state index >= 15 is 0 Å². The number of piperidine rings is 1. The van der Waals surface area contributed by atoms with E-state index in [-0.39, 0.29) is 17.4 Å². The molecule has 32 heavy (non-hydrogen) atoms. The monoisotopic (exact) mass is 532 g/mol. The van der Waals surface area contributed by atoms with Gasteiger partial charge >= 0.3 is 0 Å². The highest BCUT2D eigenvalue weighted by Crippen LogP contribution is 2.35. The average Bonchev–Trinajstić information content (AvgIpc) is 2.73. The Morgan fingerprint density at radius 2 is 1.78 bits per heavy atom. The fraction of sp³-hybridized carbons (Fsp3) is 0.381. The van der Waals surface area contributed by atoms with Crippen molar-refractivity contribution in [3.8, 4) is 0 Å². The first kappa shape index (κ1) is 23.6. The van der Waals surface area contributed by atoms with Crippen molar-refractivity contribution in [2.24, 2.45) is 5.92 Å². The highest BCUT2D eigenvalue weighted by molar-refractivity contribution is 7.80. The highest BCUT2D eigenvalue weighted by Gasteiger charge is 2.39. The van der Waals surface area contributed by atoms with Gasteiger partial charge in [0.05, 0.1) is 0 Å². The fourth-order valence-corrected chi connectivity index (χ4v) is 5.01. The molecule has 3 atom stereocenters. The Kier molecular flexibility index (Phi) is 6.94. The van der Waals surface area contributed by atoms with Gasteiger partial charge in [0, 0.05) is 47.9 Å². The molecule has 1 saturated heterocycles. The van der Waals surface area contributed by atoms with Crippen LogP contribution in [0, 0.1) is 5.92 Å². The molecule has 0 spiro atoms. The zero-order valence-corrected chi connectivity index (χ0v) is 20.6. The van der Waals surface area contributed by atoms with E-state index in [9.17, 15) is 9.59 Å². The quantitative estimate of drug-likeness (QED) is 0.355. The second-order valence-electron chi connectivity index (χ2n) is 8.01. The normalized spacial score (nSPS) is 20.8. The Balaban J connectivity index is 1.47. The molecular weight excluding hydrogens is 514 g/mol. The average molecular weight is 534 g/mol. The zero-order chi connectivity index (χ0) is 23.0. The molecule has 3 heterocycles. The summed E-state index contributed by atoms with van der Waals surface area (Å²) in [6.07, 6.45) is -0.0659. The number of aromatic nitrogens is 1. The molecular formula is C21H20Cl4N4O2S. The topological polar surface area (TPSA) is 66.4 Å². The predicted molar refractivity (Wildman–Crippen MR) is 132 cm³/mol. The number of pyridine rings is 1. The van der Waals surface area contributed by atoms with Gasteiger partial charge in [0.2, 0.25) is 3.79 Å². The third-order valence-electron chi connectivity index (χ3n) is 5.74. The molecule has 2 aliphatic heterocycles. The van der Waals surface area contributed by atoms with E-state index < -0.39 is 15.9 Å². The minimum Gasteiger partial charge on any atom is -0.348 e. The first-order valence-corrected chi connectivity index (χ1v) is 11.9. The van der Waals surface area contributed by atoms with Crippen LogP contribution in [0.3, 0.4) is 0 Å². The van der Waals surface area contributed by atoms with Gasteiger partial charge in [-0.1, -0.05) is 52.5 Å². The van der Waals surface area contributed by atoms with Crippen LogP contribution in [0.25, 0.3) is 0 Å². The summed E-state index contributed by atoms with van der Waals surface area (Å²) in [5.41, 5.74) is 1.40. The Hall–Kier alpha value is -1.51. The summed E-state index contributed by atoms with van der Waals surface area (Å²) >= 11 is 29.9. The molecule has 1 fully saturated rings. The van der Waals surface area contributed by atoms with Gasteiger partial charge in [-0.25, -0.2) is 0 Å². The van der Waals surface area contributed by atoms with E-state index in [4.69, 9.17) is 58.6 Å². The summed E-state index contributed by atoms with van der Waals surface area (Å²) in [5.74, 6) is 0.0131. The summed E-state index contributed by atoms with van der Waals surface area (Å²) in [6.45, 7) is 1.94. The minimum atomic E-state index is -1.85. The molecule has 2 aromatic rings. The van der Waals surface area contributed by atoms with Crippen LogP contribution in [0.15, 0.2) is 47.3 Å². The van der Waals surface area contributed by atoms with E-state index in [0.717, 1.165) is 12.1 Å². The lowest BCUT2D eigenvalue weighted by atomic mass is 9.83. The van der Waals surface area contributed by atoms with Gasteiger partial charge in [0.1, 0.15) is 6.17 Å². The van der Waals surface area contributed by atoms with Crippen molar-refractivity contribution in [3.63, 3.8) is 0 Å². The number of fused-ring (bicyclic) bond motifs is 4. The molecule has 2 bridgehead atoms.